The zero-order chi connectivity index (χ0) is 27.1. The van der Waals surface area contributed by atoms with Crippen LogP contribution in [0.4, 0.5) is 4.79 Å². The van der Waals surface area contributed by atoms with E-state index in [4.69, 9.17) is 9.15 Å². The van der Waals surface area contributed by atoms with Crippen molar-refractivity contribution in [1.82, 2.24) is 10.6 Å². The Labute approximate surface area is 210 Å². The van der Waals surface area contributed by atoms with Gasteiger partial charge in [0.2, 0.25) is 0 Å². The van der Waals surface area contributed by atoms with Gasteiger partial charge in [-0.1, -0.05) is 12.8 Å². The largest absolute Gasteiger partial charge is 0.507 e. The highest BCUT2D eigenvalue weighted by atomic mass is 16.6. The van der Waals surface area contributed by atoms with Crippen molar-refractivity contribution in [3.8, 4) is 29.4 Å². The number of amides is 2. The number of nitrogens with one attached hydrogen (secondary N) is 2. The van der Waals surface area contributed by atoms with Crippen LogP contribution < -0.4 is 10.6 Å². The first-order chi connectivity index (χ1) is 16.7. The number of aryl methyl sites for hydroxylation is 1. The van der Waals surface area contributed by atoms with Crippen molar-refractivity contribution in [2.24, 2.45) is 0 Å². The van der Waals surface area contributed by atoms with Gasteiger partial charge in [-0.15, -0.1) is 0 Å². The molecule has 0 unspecified atom stereocenters. The van der Waals surface area contributed by atoms with E-state index in [2.05, 4.69) is 34.3 Å². The van der Waals surface area contributed by atoms with Crippen LogP contribution >= 0.6 is 0 Å². The summed E-state index contributed by atoms with van der Waals surface area (Å²) in [4.78, 5) is 36.8. The summed E-state index contributed by atoms with van der Waals surface area (Å²) in [5.74, 6) is 9.51. The number of rotatable bonds is 6. The molecule has 4 N–H and O–H groups in total. The van der Waals surface area contributed by atoms with Gasteiger partial charge in [-0.2, -0.15) is 0 Å². The van der Waals surface area contributed by atoms with Crippen molar-refractivity contribution in [3.05, 3.63) is 53.0 Å². The smallest absolute Gasteiger partial charge is 0.408 e. The van der Waals surface area contributed by atoms with E-state index in [1.165, 1.54) is 32.0 Å². The van der Waals surface area contributed by atoms with E-state index in [0.29, 0.717) is 11.3 Å². The third kappa shape index (κ3) is 8.14. The first-order valence-corrected chi connectivity index (χ1v) is 11.2. The summed E-state index contributed by atoms with van der Waals surface area (Å²) < 4.78 is 10.6. The van der Waals surface area contributed by atoms with Crippen molar-refractivity contribution in [2.75, 3.05) is 0 Å². The van der Waals surface area contributed by atoms with Crippen molar-refractivity contribution in [2.45, 2.75) is 65.1 Å². The summed E-state index contributed by atoms with van der Waals surface area (Å²) in [7, 11) is 0. The monoisotopic (exact) mass is 494 g/mol. The van der Waals surface area contributed by atoms with E-state index in [1.807, 2.05) is 13.0 Å². The maximum absolute atomic E-state index is 12.7. The molecule has 2 aromatic rings. The van der Waals surface area contributed by atoms with Crippen LogP contribution in [0.1, 0.15) is 69.0 Å². The van der Waals surface area contributed by atoms with E-state index in [-0.39, 0.29) is 5.56 Å². The highest BCUT2D eigenvalue weighted by Gasteiger charge is 2.39. The molecule has 0 saturated carbocycles. The molecule has 0 aliphatic heterocycles. The predicted octanol–water partition coefficient (Wildman–Crippen LogP) is 3.44. The van der Waals surface area contributed by atoms with Gasteiger partial charge in [-0.25, -0.2) is 9.59 Å². The summed E-state index contributed by atoms with van der Waals surface area (Å²) in [5, 5.41) is 24.8. The number of carboxylic acids is 1. The Morgan fingerprint density at radius 2 is 1.72 bits per heavy atom. The normalized spacial score (nSPS) is 11.7. The molecule has 0 saturated heterocycles. The average molecular weight is 495 g/mol. The van der Waals surface area contributed by atoms with Crippen LogP contribution in [0.2, 0.25) is 0 Å². The number of carbonyl (C=O) groups is 3. The zero-order valence-electron chi connectivity index (χ0n) is 21.1. The molecular formula is C27H30N2O7. The van der Waals surface area contributed by atoms with Crippen LogP contribution in [0.5, 0.6) is 5.75 Å². The number of aromatic hydroxyl groups is 1. The lowest BCUT2D eigenvalue weighted by atomic mass is 9.94. The molecular weight excluding hydrogens is 464 g/mol. The lowest BCUT2D eigenvalue weighted by Crippen LogP contribution is -2.62. The number of carbonyl (C=O) groups excluding carboxylic acids is 2. The van der Waals surface area contributed by atoms with Crippen LogP contribution in [0.25, 0.3) is 0 Å². The van der Waals surface area contributed by atoms with E-state index in [9.17, 15) is 24.6 Å². The molecule has 0 bridgehead atoms. The predicted molar refractivity (Wildman–Crippen MR) is 132 cm³/mol. The average Bonchev–Trinajstić information content (AvgIpc) is 3.21. The summed E-state index contributed by atoms with van der Waals surface area (Å²) in [6, 6.07) is 6.14. The molecule has 0 spiro atoms. The standard InChI is InChI=1S/C27H30N2O7/c1-7-18-13-14-19(35-18)11-9-8-10-17-12-15-20(21(30)16-17)23(31)28-22(24(32)33)27(5,6)29-25(34)36-26(2,3)4/h12-16,22,30H,7H2,1-6H3,(H,28,31)(H,29,34)(H,32,33)/t22-/m1/s1. The molecule has 2 amide bonds. The summed E-state index contributed by atoms with van der Waals surface area (Å²) >= 11 is 0. The van der Waals surface area contributed by atoms with Gasteiger partial charge in [0.05, 0.1) is 11.1 Å². The fourth-order valence-electron chi connectivity index (χ4n) is 3.03. The Balaban J connectivity index is 2.13. The Morgan fingerprint density at radius 3 is 2.28 bits per heavy atom. The van der Waals surface area contributed by atoms with E-state index < -0.39 is 40.9 Å². The second-order valence-corrected chi connectivity index (χ2v) is 9.44. The van der Waals surface area contributed by atoms with Crippen LogP contribution in [0.15, 0.2) is 34.7 Å². The molecule has 36 heavy (non-hydrogen) atoms. The number of aliphatic carboxylic acids is 1. The van der Waals surface area contributed by atoms with Crippen molar-refractivity contribution < 1.29 is 33.8 Å². The topological polar surface area (TPSA) is 138 Å². The van der Waals surface area contributed by atoms with Gasteiger partial charge < -0.3 is 30.0 Å². The first kappa shape index (κ1) is 27.9. The zero-order valence-corrected chi connectivity index (χ0v) is 21.1. The highest BCUT2D eigenvalue weighted by Crippen LogP contribution is 2.20. The second-order valence-electron chi connectivity index (χ2n) is 9.44. The number of phenolic OH excluding ortho intramolecular Hbond substituents is 1. The maximum Gasteiger partial charge on any atom is 0.408 e. The molecule has 0 radical (unpaired) electrons. The molecule has 0 aliphatic carbocycles. The van der Waals surface area contributed by atoms with Gasteiger partial charge in [0, 0.05) is 12.0 Å². The highest BCUT2D eigenvalue weighted by molar-refractivity contribution is 5.99. The van der Waals surface area contributed by atoms with E-state index in [0.717, 1.165) is 12.2 Å². The van der Waals surface area contributed by atoms with Gasteiger partial charge in [-0.05, 0) is 82.7 Å². The number of furan rings is 1. The lowest BCUT2D eigenvalue weighted by molar-refractivity contribution is -0.141. The minimum absolute atomic E-state index is 0.159. The summed E-state index contributed by atoms with van der Waals surface area (Å²) in [6.07, 6.45) is -0.0722. The van der Waals surface area contributed by atoms with Crippen molar-refractivity contribution in [1.29, 1.82) is 0 Å². The van der Waals surface area contributed by atoms with Gasteiger partial charge in [0.1, 0.15) is 23.2 Å². The van der Waals surface area contributed by atoms with Crippen molar-refractivity contribution in [3.63, 3.8) is 0 Å². The van der Waals surface area contributed by atoms with Crippen LogP contribution in [0.3, 0.4) is 0 Å². The van der Waals surface area contributed by atoms with Crippen LogP contribution in [-0.2, 0) is 16.0 Å². The Hall–Kier alpha value is -4.37. The van der Waals surface area contributed by atoms with E-state index >= 15 is 0 Å². The third-order valence-corrected chi connectivity index (χ3v) is 4.77. The Kier molecular flexibility index (Phi) is 8.80. The molecule has 1 aromatic carbocycles. The second kappa shape index (κ2) is 11.4. The third-order valence-electron chi connectivity index (χ3n) is 4.77. The van der Waals surface area contributed by atoms with Crippen LogP contribution in [0, 0.1) is 23.7 Å². The Bertz CT molecular complexity index is 1260. The molecule has 2 rings (SSSR count). The maximum atomic E-state index is 12.7. The number of ether oxygens (including phenoxy) is 1. The summed E-state index contributed by atoms with van der Waals surface area (Å²) in [5.41, 5.74) is -1.97. The van der Waals surface area contributed by atoms with Gasteiger partial charge in [0.15, 0.2) is 5.76 Å². The molecule has 9 nitrogen and oxygen atoms in total. The number of carboxylic acid groups (broad SMARTS) is 1. The quantitative estimate of drug-likeness (QED) is 0.451. The fourth-order valence-corrected chi connectivity index (χ4v) is 3.03. The number of benzene rings is 1. The Morgan fingerprint density at radius 1 is 1.06 bits per heavy atom. The number of hydrogen-bond donors (Lipinski definition) is 4. The molecule has 9 heteroatoms. The minimum Gasteiger partial charge on any atom is -0.507 e. The fraction of sp³-hybridized carbons (Fsp3) is 0.370. The van der Waals surface area contributed by atoms with Gasteiger partial charge in [-0.3, -0.25) is 4.79 Å². The molecule has 1 heterocycles. The van der Waals surface area contributed by atoms with E-state index in [1.54, 1.807) is 26.8 Å². The SMILES string of the molecule is CCc1ccc(C#CC#Cc2ccc(C(=O)N[C@H](C(=O)O)C(C)(C)NC(=O)OC(C)(C)C)c(O)c2)o1. The number of phenols is 1. The number of hydrogen-bond acceptors (Lipinski definition) is 6. The molecule has 0 fully saturated rings. The molecule has 1 atom stereocenters. The molecule has 190 valence electrons. The lowest BCUT2D eigenvalue weighted by Gasteiger charge is -2.33. The van der Waals surface area contributed by atoms with Gasteiger partial charge >= 0.3 is 12.1 Å². The first-order valence-electron chi connectivity index (χ1n) is 11.2. The van der Waals surface area contributed by atoms with Crippen LogP contribution in [-0.4, -0.2) is 45.4 Å². The molecule has 1 aromatic heterocycles. The molecule has 0 aliphatic rings. The number of alkyl carbamates (subject to hydrolysis) is 1. The van der Waals surface area contributed by atoms with Crippen molar-refractivity contribution >= 4 is 18.0 Å². The minimum atomic E-state index is -1.53. The summed E-state index contributed by atoms with van der Waals surface area (Å²) in [6.45, 7) is 9.83. The van der Waals surface area contributed by atoms with Gasteiger partial charge in [0.25, 0.3) is 5.91 Å².